The van der Waals surface area contributed by atoms with Crippen molar-refractivity contribution in [3.05, 3.63) is 27.7 Å². The summed E-state index contributed by atoms with van der Waals surface area (Å²) in [5.74, 6) is 0.445. The largest absolute Gasteiger partial charge is 0.482 e. The summed E-state index contributed by atoms with van der Waals surface area (Å²) < 4.78 is 6.37. The van der Waals surface area contributed by atoms with Gasteiger partial charge in [-0.3, -0.25) is 4.79 Å². The third-order valence-corrected chi connectivity index (χ3v) is 4.88. The number of fused-ring (bicyclic) bond motifs is 2. The predicted octanol–water partition coefficient (Wildman–Crippen LogP) is 2.88. The topological polar surface area (TPSA) is 50.4 Å². The highest BCUT2D eigenvalue weighted by Gasteiger charge is 2.33. The molecule has 2 atom stereocenters. The molecule has 2 aliphatic rings. The molecule has 2 unspecified atom stereocenters. The number of carbonyl (C=O) groups excluding carboxylic acids is 1. The predicted molar refractivity (Wildman–Crippen MR) is 85.8 cm³/mol. The van der Waals surface area contributed by atoms with Crippen molar-refractivity contribution in [3.8, 4) is 5.75 Å². The number of nitrogens with one attached hydrogen (secondary N) is 2. The molecule has 2 fully saturated rings. The molecule has 4 nitrogen and oxygen atoms in total. The minimum Gasteiger partial charge on any atom is -0.482 e. The number of ether oxygens (including phenoxy) is 1. The first-order valence-corrected chi connectivity index (χ1v) is 8.40. The van der Waals surface area contributed by atoms with Gasteiger partial charge in [0.15, 0.2) is 6.61 Å². The van der Waals surface area contributed by atoms with E-state index in [2.05, 4.69) is 26.6 Å². The van der Waals surface area contributed by atoms with Gasteiger partial charge in [-0.2, -0.15) is 0 Å². The number of rotatable bonds is 4. The van der Waals surface area contributed by atoms with Gasteiger partial charge in [-0.25, -0.2) is 0 Å². The minimum absolute atomic E-state index is 0.000609. The van der Waals surface area contributed by atoms with E-state index in [1.807, 2.05) is 6.07 Å². The first kappa shape index (κ1) is 15.1. The highest BCUT2D eigenvalue weighted by Crippen LogP contribution is 2.28. The highest BCUT2D eigenvalue weighted by atomic mass is 79.9. The summed E-state index contributed by atoms with van der Waals surface area (Å²) in [6.45, 7) is 0.000609. The lowest BCUT2D eigenvalue weighted by atomic mass is 10.00. The maximum Gasteiger partial charge on any atom is 0.258 e. The number of halogens is 2. The van der Waals surface area contributed by atoms with E-state index >= 15 is 0 Å². The maximum atomic E-state index is 12.0. The molecule has 3 rings (SSSR count). The van der Waals surface area contributed by atoms with Crippen LogP contribution < -0.4 is 15.4 Å². The standard InChI is InChI=1S/C15H18BrClN2O2/c16-9-1-4-14(13(17)5-9)21-8-15(20)19-12-6-10-2-3-11(7-12)18-10/h1,4-5,10-12,18H,2-3,6-8H2,(H,19,20). The highest BCUT2D eigenvalue weighted by molar-refractivity contribution is 9.10. The second-order valence-electron chi connectivity index (χ2n) is 5.74. The van der Waals surface area contributed by atoms with Gasteiger partial charge in [0.2, 0.25) is 0 Å². The number of piperidine rings is 1. The zero-order valence-corrected chi connectivity index (χ0v) is 13.9. The van der Waals surface area contributed by atoms with Crippen molar-refractivity contribution >= 4 is 33.4 Å². The molecule has 2 saturated heterocycles. The van der Waals surface area contributed by atoms with Crippen molar-refractivity contribution in [1.82, 2.24) is 10.6 Å². The second-order valence-corrected chi connectivity index (χ2v) is 7.06. The smallest absolute Gasteiger partial charge is 0.258 e. The lowest BCUT2D eigenvalue weighted by Crippen LogP contribution is -2.48. The Kier molecular flexibility index (Phi) is 4.72. The minimum atomic E-state index is -0.0831. The molecule has 1 amide bonds. The Labute approximate surface area is 137 Å². The van der Waals surface area contributed by atoms with Gasteiger partial charge in [0.1, 0.15) is 5.75 Å². The molecule has 21 heavy (non-hydrogen) atoms. The number of benzene rings is 1. The maximum absolute atomic E-state index is 12.0. The molecule has 2 bridgehead atoms. The van der Waals surface area contributed by atoms with Crippen LogP contribution >= 0.6 is 27.5 Å². The molecular formula is C15H18BrClN2O2. The molecule has 1 aromatic rings. The van der Waals surface area contributed by atoms with Crippen LogP contribution in [0.25, 0.3) is 0 Å². The van der Waals surface area contributed by atoms with Crippen molar-refractivity contribution in [1.29, 1.82) is 0 Å². The molecule has 0 aromatic heterocycles. The van der Waals surface area contributed by atoms with Gasteiger partial charge in [0, 0.05) is 22.6 Å². The van der Waals surface area contributed by atoms with Gasteiger partial charge in [0.25, 0.3) is 5.91 Å². The summed E-state index contributed by atoms with van der Waals surface area (Å²) in [6.07, 6.45) is 4.48. The molecule has 6 heteroatoms. The van der Waals surface area contributed by atoms with Crippen LogP contribution in [-0.4, -0.2) is 30.6 Å². The quantitative estimate of drug-likeness (QED) is 0.853. The molecular weight excluding hydrogens is 356 g/mol. The van der Waals surface area contributed by atoms with Crippen LogP contribution in [0, 0.1) is 0 Å². The van der Waals surface area contributed by atoms with Gasteiger partial charge >= 0.3 is 0 Å². The Morgan fingerprint density at radius 2 is 2.10 bits per heavy atom. The Morgan fingerprint density at radius 1 is 1.38 bits per heavy atom. The fraction of sp³-hybridized carbons (Fsp3) is 0.533. The number of hydrogen-bond acceptors (Lipinski definition) is 3. The lowest BCUT2D eigenvalue weighted by Gasteiger charge is -2.29. The SMILES string of the molecule is O=C(COc1ccc(Br)cc1Cl)NC1CC2CCC(C1)N2. The summed E-state index contributed by atoms with van der Waals surface area (Å²) in [4.78, 5) is 12.0. The van der Waals surface area contributed by atoms with Crippen molar-refractivity contribution < 1.29 is 9.53 Å². The zero-order chi connectivity index (χ0) is 14.8. The summed E-state index contributed by atoms with van der Waals surface area (Å²) in [6, 6.07) is 6.74. The van der Waals surface area contributed by atoms with E-state index in [0.717, 1.165) is 17.3 Å². The lowest BCUT2D eigenvalue weighted by molar-refractivity contribution is -0.124. The first-order chi connectivity index (χ1) is 10.1. The van der Waals surface area contributed by atoms with Crippen molar-refractivity contribution in [3.63, 3.8) is 0 Å². The van der Waals surface area contributed by atoms with E-state index in [0.29, 0.717) is 22.9 Å². The van der Waals surface area contributed by atoms with Crippen LogP contribution in [0.2, 0.25) is 5.02 Å². The Balaban J connectivity index is 1.48. The molecule has 0 spiro atoms. The van der Waals surface area contributed by atoms with E-state index in [9.17, 15) is 4.79 Å². The van der Waals surface area contributed by atoms with Gasteiger partial charge in [-0.15, -0.1) is 0 Å². The molecule has 1 aromatic carbocycles. The van der Waals surface area contributed by atoms with Crippen LogP contribution in [-0.2, 0) is 4.79 Å². The first-order valence-electron chi connectivity index (χ1n) is 7.23. The average molecular weight is 374 g/mol. The third-order valence-electron chi connectivity index (χ3n) is 4.09. The normalized spacial score (nSPS) is 27.4. The summed E-state index contributed by atoms with van der Waals surface area (Å²) in [5, 5.41) is 7.12. The van der Waals surface area contributed by atoms with Gasteiger partial charge in [0.05, 0.1) is 5.02 Å². The Morgan fingerprint density at radius 3 is 2.76 bits per heavy atom. The molecule has 114 valence electrons. The summed E-state index contributed by atoms with van der Waals surface area (Å²) >= 11 is 9.39. The Hall–Kier alpha value is -0.780. The van der Waals surface area contributed by atoms with E-state index in [-0.39, 0.29) is 18.6 Å². The third kappa shape index (κ3) is 3.90. The summed E-state index contributed by atoms with van der Waals surface area (Å²) in [7, 11) is 0. The van der Waals surface area contributed by atoms with E-state index in [1.54, 1.807) is 12.1 Å². The molecule has 0 saturated carbocycles. The number of hydrogen-bond donors (Lipinski definition) is 2. The second kappa shape index (κ2) is 6.55. The molecule has 2 N–H and O–H groups in total. The Bertz CT molecular complexity index is 528. The molecule has 0 radical (unpaired) electrons. The molecule has 2 aliphatic heterocycles. The van der Waals surface area contributed by atoms with Gasteiger partial charge in [-0.05, 0) is 43.9 Å². The van der Waals surface area contributed by atoms with Crippen molar-refractivity contribution in [2.24, 2.45) is 0 Å². The fourth-order valence-corrected chi connectivity index (χ4v) is 3.91. The van der Waals surface area contributed by atoms with Crippen LogP contribution in [0.4, 0.5) is 0 Å². The number of amides is 1. The summed E-state index contributed by atoms with van der Waals surface area (Å²) in [5.41, 5.74) is 0. The monoisotopic (exact) mass is 372 g/mol. The van der Waals surface area contributed by atoms with Crippen molar-refractivity contribution in [2.75, 3.05) is 6.61 Å². The van der Waals surface area contributed by atoms with Crippen molar-refractivity contribution in [2.45, 2.75) is 43.8 Å². The molecule has 2 heterocycles. The zero-order valence-electron chi connectivity index (χ0n) is 11.6. The van der Waals surface area contributed by atoms with E-state index in [1.165, 1.54) is 12.8 Å². The average Bonchev–Trinajstić information content (AvgIpc) is 2.77. The van der Waals surface area contributed by atoms with Crippen LogP contribution in [0.1, 0.15) is 25.7 Å². The van der Waals surface area contributed by atoms with Crippen LogP contribution in [0.5, 0.6) is 5.75 Å². The van der Waals surface area contributed by atoms with Crippen LogP contribution in [0.3, 0.4) is 0 Å². The fourth-order valence-electron chi connectivity index (χ4n) is 3.18. The van der Waals surface area contributed by atoms with Gasteiger partial charge in [-0.1, -0.05) is 27.5 Å². The van der Waals surface area contributed by atoms with E-state index < -0.39 is 0 Å². The van der Waals surface area contributed by atoms with Crippen LogP contribution in [0.15, 0.2) is 22.7 Å². The van der Waals surface area contributed by atoms with Gasteiger partial charge < -0.3 is 15.4 Å². The number of carbonyl (C=O) groups is 1. The molecule has 0 aliphatic carbocycles. The van der Waals surface area contributed by atoms with E-state index in [4.69, 9.17) is 16.3 Å².